The van der Waals surface area contributed by atoms with Crippen LogP contribution in [-0.2, 0) is 6.98 Å². The van der Waals surface area contributed by atoms with Gasteiger partial charge in [-0.2, -0.15) is 0 Å². The number of nitrogens with zero attached hydrogens (tertiary/aromatic N) is 4. The van der Waals surface area contributed by atoms with E-state index in [2.05, 4.69) is 25.6 Å². The number of fused-ring (bicyclic) bond motifs is 1. The maximum atomic E-state index is 13.0. The smallest absolute Gasteiger partial charge is 0.261 e. The Labute approximate surface area is 160 Å². The summed E-state index contributed by atoms with van der Waals surface area (Å²) < 4.78 is 23.6. The third-order valence-corrected chi connectivity index (χ3v) is 4.74. The van der Waals surface area contributed by atoms with Gasteiger partial charge in [0.25, 0.3) is 5.56 Å². The highest BCUT2D eigenvalue weighted by molar-refractivity contribution is 5.93. The highest BCUT2D eigenvalue weighted by Crippen LogP contribution is 2.27. The van der Waals surface area contributed by atoms with E-state index in [9.17, 15) is 9.90 Å². The summed E-state index contributed by atoms with van der Waals surface area (Å²) in [6.45, 7) is -2.59. The molecule has 1 aliphatic rings. The lowest BCUT2D eigenvalue weighted by molar-refractivity contribution is 0.126. The van der Waals surface area contributed by atoms with Gasteiger partial charge in [0.2, 0.25) is 0 Å². The molecule has 0 aromatic carbocycles. The standard InChI is InChI=1S/C19H22N6O2/c1-25-9-6-12-10-15(23-16-11-20-7-8-21-16)24-18(17(12)19(25)27)22-13-2-4-14(26)5-3-13/h6-11,13-14,26H,2-5H2,1H3,(H2,21,22,23,24)/i1D3. The minimum absolute atomic E-state index is 0.0247. The number of anilines is 3. The lowest BCUT2D eigenvalue weighted by atomic mass is 9.93. The van der Waals surface area contributed by atoms with Crippen molar-refractivity contribution in [1.82, 2.24) is 19.5 Å². The Kier molecular flexibility index (Phi) is 3.82. The first kappa shape index (κ1) is 14.1. The van der Waals surface area contributed by atoms with E-state index in [1.807, 2.05) is 0 Å². The van der Waals surface area contributed by atoms with Gasteiger partial charge in [0.1, 0.15) is 17.5 Å². The summed E-state index contributed by atoms with van der Waals surface area (Å²) >= 11 is 0. The molecule has 3 aromatic heterocycles. The fraction of sp³-hybridized carbons (Fsp3) is 0.368. The van der Waals surface area contributed by atoms with Gasteiger partial charge in [0.05, 0.1) is 17.7 Å². The number of aromatic nitrogens is 4. The minimum Gasteiger partial charge on any atom is -0.393 e. The predicted molar refractivity (Wildman–Crippen MR) is 104 cm³/mol. The molecule has 0 unspecified atom stereocenters. The van der Waals surface area contributed by atoms with E-state index < -0.39 is 12.5 Å². The molecule has 4 rings (SSSR count). The average molecular weight is 369 g/mol. The van der Waals surface area contributed by atoms with Gasteiger partial charge in [-0.25, -0.2) is 9.97 Å². The Morgan fingerprint density at radius 1 is 1.26 bits per heavy atom. The number of aryl methyl sites for hydroxylation is 1. The van der Waals surface area contributed by atoms with Crippen LogP contribution in [0.25, 0.3) is 10.8 Å². The summed E-state index contributed by atoms with van der Waals surface area (Å²) in [5.41, 5.74) is -0.635. The van der Waals surface area contributed by atoms with Gasteiger partial charge < -0.3 is 20.3 Å². The number of aliphatic hydroxyl groups is 1. The summed E-state index contributed by atoms with van der Waals surface area (Å²) in [6.07, 6.45) is 8.38. The molecule has 3 aromatic rings. The molecule has 0 aliphatic heterocycles. The zero-order valence-corrected chi connectivity index (χ0v) is 14.6. The van der Waals surface area contributed by atoms with E-state index in [0.29, 0.717) is 35.7 Å². The van der Waals surface area contributed by atoms with E-state index in [1.165, 1.54) is 6.20 Å². The number of hydrogen-bond donors (Lipinski definition) is 3. The highest BCUT2D eigenvalue weighted by Gasteiger charge is 2.21. The molecule has 0 radical (unpaired) electrons. The first-order valence-corrected chi connectivity index (χ1v) is 8.86. The van der Waals surface area contributed by atoms with Crippen LogP contribution in [0.1, 0.15) is 29.8 Å². The largest absolute Gasteiger partial charge is 0.393 e. The number of aliphatic hydroxyl groups excluding tert-OH is 1. The van der Waals surface area contributed by atoms with Crippen LogP contribution in [-0.4, -0.2) is 36.8 Å². The van der Waals surface area contributed by atoms with Gasteiger partial charge in [-0.1, -0.05) is 0 Å². The van der Waals surface area contributed by atoms with Crippen molar-refractivity contribution in [3.63, 3.8) is 0 Å². The molecule has 0 spiro atoms. The number of pyridine rings is 2. The van der Waals surface area contributed by atoms with Crippen molar-refractivity contribution in [3.05, 3.63) is 47.3 Å². The van der Waals surface area contributed by atoms with Crippen LogP contribution < -0.4 is 16.2 Å². The van der Waals surface area contributed by atoms with Crippen molar-refractivity contribution in [2.45, 2.75) is 37.8 Å². The van der Waals surface area contributed by atoms with Crippen LogP contribution in [0.3, 0.4) is 0 Å². The fourth-order valence-electron chi connectivity index (χ4n) is 3.34. The summed E-state index contributed by atoms with van der Waals surface area (Å²) in [4.78, 5) is 25.7. The van der Waals surface area contributed by atoms with Crippen molar-refractivity contribution in [2.75, 3.05) is 10.6 Å². The Bertz CT molecular complexity index is 1100. The van der Waals surface area contributed by atoms with Gasteiger partial charge >= 0.3 is 0 Å². The van der Waals surface area contributed by atoms with Crippen molar-refractivity contribution >= 4 is 28.2 Å². The van der Waals surface area contributed by atoms with Gasteiger partial charge in [-0.05, 0) is 43.2 Å². The molecule has 0 saturated heterocycles. The molecular weight excluding hydrogens is 344 g/mol. The van der Waals surface area contributed by atoms with Crippen LogP contribution in [0.5, 0.6) is 0 Å². The van der Waals surface area contributed by atoms with Gasteiger partial charge in [-0.15, -0.1) is 0 Å². The molecule has 27 heavy (non-hydrogen) atoms. The van der Waals surface area contributed by atoms with E-state index >= 15 is 0 Å². The Balaban J connectivity index is 1.79. The summed E-state index contributed by atoms with van der Waals surface area (Å²) in [6, 6.07) is 3.28. The first-order valence-electron chi connectivity index (χ1n) is 10.4. The van der Waals surface area contributed by atoms with Gasteiger partial charge in [0.15, 0.2) is 0 Å². The van der Waals surface area contributed by atoms with Gasteiger partial charge in [0, 0.05) is 35.7 Å². The Morgan fingerprint density at radius 2 is 2.11 bits per heavy atom. The van der Waals surface area contributed by atoms with E-state index in [1.54, 1.807) is 30.7 Å². The predicted octanol–water partition coefficient (Wildman–Crippen LogP) is 2.18. The Hall–Kier alpha value is -3.00. The first-order chi connectivity index (χ1) is 14.3. The van der Waals surface area contributed by atoms with Crippen LogP contribution in [0.15, 0.2) is 41.7 Å². The van der Waals surface area contributed by atoms with Crippen molar-refractivity contribution in [3.8, 4) is 0 Å². The number of rotatable bonds is 4. The van der Waals surface area contributed by atoms with Crippen LogP contribution in [0, 0.1) is 0 Å². The monoisotopic (exact) mass is 369 g/mol. The molecule has 8 nitrogen and oxygen atoms in total. The molecule has 3 N–H and O–H groups in total. The third kappa shape index (κ3) is 3.75. The average Bonchev–Trinajstić information content (AvgIpc) is 2.69. The number of nitrogens with one attached hydrogen (secondary N) is 2. The van der Waals surface area contributed by atoms with E-state index in [0.717, 1.165) is 17.4 Å². The molecule has 1 saturated carbocycles. The van der Waals surface area contributed by atoms with Crippen LogP contribution in [0.2, 0.25) is 0 Å². The minimum atomic E-state index is -2.59. The zero-order chi connectivity index (χ0) is 21.3. The fourth-order valence-corrected chi connectivity index (χ4v) is 3.34. The summed E-state index contributed by atoms with van der Waals surface area (Å²) in [5, 5.41) is 16.9. The second-order valence-corrected chi connectivity index (χ2v) is 6.68. The topological polar surface area (TPSA) is 105 Å². The van der Waals surface area contributed by atoms with Crippen molar-refractivity contribution in [2.24, 2.45) is 6.98 Å². The molecule has 3 heterocycles. The SMILES string of the molecule is [2H]C([2H])([2H])n1ccc2cc(Nc3cnccn3)nc(NC3CCC(O)CC3)c2c1=O. The van der Waals surface area contributed by atoms with Crippen LogP contribution in [0.4, 0.5) is 17.5 Å². The normalized spacial score (nSPS) is 21.9. The second kappa shape index (κ2) is 7.32. The van der Waals surface area contributed by atoms with Gasteiger partial charge in [-0.3, -0.25) is 9.78 Å². The zero-order valence-electron chi connectivity index (χ0n) is 17.6. The number of hydrogen-bond acceptors (Lipinski definition) is 7. The molecule has 140 valence electrons. The lowest BCUT2D eigenvalue weighted by Crippen LogP contribution is -2.29. The van der Waals surface area contributed by atoms with E-state index in [4.69, 9.17) is 4.11 Å². The molecule has 1 fully saturated rings. The quantitative estimate of drug-likeness (QED) is 0.647. The molecule has 0 atom stereocenters. The molecule has 8 heteroatoms. The van der Waals surface area contributed by atoms with Crippen molar-refractivity contribution in [1.29, 1.82) is 0 Å². The van der Waals surface area contributed by atoms with E-state index in [-0.39, 0.29) is 17.5 Å². The van der Waals surface area contributed by atoms with Crippen molar-refractivity contribution < 1.29 is 9.22 Å². The maximum Gasteiger partial charge on any atom is 0.261 e. The summed E-state index contributed by atoms with van der Waals surface area (Å²) in [5.74, 6) is 1.25. The molecule has 1 aliphatic carbocycles. The van der Waals surface area contributed by atoms with Crippen LogP contribution >= 0.6 is 0 Å². The molecule has 0 amide bonds. The third-order valence-electron chi connectivity index (χ3n) is 4.74. The molecule has 0 bridgehead atoms. The lowest BCUT2D eigenvalue weighted by Gasteiger charge is -2.27. The molecular formula is C19H22N6O2. The highest BCUT2D eigenvalue weighted by atomic mass is 16.3. The summed E-state index contributed by atoms with van der Waals surface area (Å²) in [7, 11) is 0. The second-order valence-electron chi connectivity index (χ2n) is 6.68. The Morgan fingerprint density at radius 3 is 2.85 bits per heavy atom. The maximum absolute atomic E-state index is 13.0.